The fraction of sp³-hybridized carbons (Fsp3) is 0.250. The van der Waals surface area contributed by atoms with Crippen molar-refractivity contribution in [1.82, 2.24) is 0 Å². The number of ether oxygens (including phenoxy) is 2. The van der Waals surface area contributed by atoms with Crippen LogP contribution in [0.15, 0.2) is 89.4 Å². The molecule has 0 N–H and O–H groups in total. The maximum atomic E-state index is 6.32. The summed E-state index contributed by atoms with van der Waals surface area (Å²) in [6, 6.07) is 29.9. The SMILES string of the molecule is COc1ccc(C2(c3ccc(OC)cc3)c3cc(Br)ccc3-c3c(B4OCC(C)(C)CO4)cccc32)cc1. The molecule has 1 heterocycles. The predicted octanol–water partition coefficient (Wildman–Crippen LogP) is 6.60. The van der Waals surface area contributed by atoms with Crippen molar-refractivity contribution >= 4 is 28.5 Å². The van der Waals surface area contributed by atoms with Crippen LogP contribution in [0.5, 0.6) is 11.5 Å². The van der Waals surface area contributed by atoms with Gasteiger partial charge in [0.05, 0.1) is 19.6 Å². The van der Waals surface area contributed by atoms with E-state index in [2.05, 4.69) is 90.4 Å². The third kappa shape index (κ3) is 3.98. The first-order chi connectivity index (χ1) is 18.4. The van der Waals surface area contributed by atoms with E-state index < -0.39 is 12.5 Å². The van der Waals surface area contributed by atoms with E-state index in [1.54, 1.807) is 14.2 Å². The van der Waals surface area contributed by atoms with Crippen molar-refractivity contribution < 1.29 is 18.8 Å². The summed E-state index contributed by atoms with van der Waals surface area (Å²) < 4.78 is 24.7. The summed E-state index contributed by atoms with van der Waals surface area (Å²) in [5, 5.41) is 0. The van der Waals surface area contributed by atoms with Gasteiger partial charge in [0.25, 0.3) is 0 Å². The Bertz CT molecular complexity index is 1420. The zero-order valence-corrected chi connectivity index (χ0v) is 23.7. The van der Waals surface area contributed by atoms with E-state index in [1.807, 2.05) is 24.3 Å². The standard InChI is InChI=1S/C32H30BBrO4/c1-31(2)19-37-33(38-20-31)29-7-5-6-27-30(29)26-17-12-23(34)18-28(26)32(27,21-8-13-24(35-3)14-9-21)22-10-15-25(36-4)16-11-22/h5-18H,19-20H2,1-4H3. The summed E-state index contributed by atoms with van der Waals surface area (Å²) in [4.78, 5) is 0. The Kier molecular flexibility index (Phi) is 6.38. The second kappa shape index (κ2) is 9.60. The molecule has 6 heteroatoms. The van der Waals surface area contributed by atoms with Crippen LogP contribution in [0.1, 0.15) is 36.1 Å². The lowest BCUT2D eigenvalue weighted by Gasteiger charge is -2.35. The zero-order valence-electron chi connectivity index (χ0n) is 22.1. The van der Waals surface area contributed by atoms with Crippen LogP contribution in [-0.4, -0.2) is 34.6 Å². The fourth-order valence-electron chi connectivity index (χ4n) is 5.91. The minimum atomic E-state index is -0.559. The maximum absolute atomic E-state index is 6.32. The highest BCUT2D eigenvalue weighted by molar-refractivity contribution is 9.10. The minimum Gasteiger partial charge on any atom is -0.497 e. The molecule has 1 saturated heterocycles. The fourth-order valence-corrected chi connectivity index (χ4v) is 6.27. The molecular weight excluding hydrogens is 539 g/mol. The third-order valence-electron chi connectivity index (χ3n) is 7.71. The Morgan fingerprint density at radius 2 is 1.32 bits per heavy atom. The van der Waals surface area contributed by atoms with Crippen molar-refractivity contribution in [2.75, 3.05) is 27.4 Å². The summed E-state index contributed by atoms with van der Waals surface area (Å²) in [6.07, 6.45) is 0. The third-order valence-corrected chi connectivity index (χ3v) is 8.20. The Hall–Kier alpha value is -3.06. The van der Waals surface area contributed by atoms with Crippen LogP contribution in [-0.2, 0) is 14.7 Å². The van der Waals surface area contributed by atoms with Crippen LogP contribution < -0.4 is 14.9 Å². The van der Waals surface area contributed by atoms with E-state index in [4.69, 9.17) is 18.8 Å². The molecule has 0 aromatic heterocycles. The topological polar surface area (TPSA) is 36.9 Å². The van der Waals surface area contributed by atoms with Crippen LogP contribution in [0.25, 0.3) is 11.1 Å². The van der Waals surface area contributed by atoms with Gasteiger partial charge < -0.3 is 18.8 Å². The monoisotopic (exact) mass is 568 g/mol. The van der Waals surface area contributed by atoms with E-state index in [9.17, 15) is 0 Å². The normalized spacial score (nSPS) is 17.0. The molecule has 1 aliphatic carbocycles. The van der Waals surface area contributed by atoms with Crippen LogP contribution in [0.2, 0.25) is 0 Å². The molecule has 0 spiro atoms. The number of halogens is 1. The highest BCUT2D eigenvalue weighted by atomic mass is 79.9. The number of fused-ring (bicyclic) bond motifs is 3. The summed E-state index contributed by atoms with van der Waals surface area (Å²) in [7, 11) is 2.98. The molecule has 4 aromatic carbocycles. The summed E-state index contributed by atoms with van der Waals surface area (Å²) in [5.74, 6) is 1.65. The second-order valence-corrected chi connectivity index (χ2v) is 11.7. The first-order valence-corrected chi connectivity index (χ1v) is 13.6. The van der Waals surface area contributed by atoms with Gasteiger partial charge in [-0.25, -0.2) is 0 Å². The van der Waals surface area contributed by atoms with Crippen LogP contribution in [0, 0.1) is 5.41 Å². The molecule has 1 fully saturated rings. The van der Waals surface area contributed by atoms with E-state index in [1.165, 1.54) is 22.3 Å². The smallest absolute Gasteiger partial charge is 0.494 e. The van der Waals surface area contributed by atoms with Crippen molar-refractivity contribution in [2.24, 2.45) is 5.41 Å². The lowest BCUT2D eigenvalue weighted by Crippen LogP contribution is -2.48. The molecule has 0 saturated carbocycles. The van der Waals surface area contributed by atoms with E-state index in [0.29, 0.717) is 13.2 Å². The van der Waals surface area contributed by atoms with Gasteiger partial charge in [-0.05, 0) is 75.2 Å². The lowest BCUT2D eigenvalue weighted by atomic mass is 9.66. The number of methoxy groups -OCH3 is 2. The maximum Gasteiger partial charge on any atom is 0.494 e. The number of rotatable bonds is 5. The summed E-state index contributed by atoms with van der Waals surface area (Å²) in [6.45, 7) is 5.64. The molecule has 0 atom stereocenters. The molecule has 2 aliphatic rings. The van der Waals surface area contributed by atoms with E-state index >= 15 is 0 Å². The van der Waals surface area contributed by atoms with Gasteiger partial charge in [0.1, 0.15) is 11.5 Å². The number of hydrogen-bond acceptors (Lipinski definition) is 4. The number of benzene rings is 4. The predicted molar refractivity (Wildman–Crippen MR) is 156 cm³/mol. The Labute approximate surface area is 233 Å². The summed E-state index contributed by atoms with van der Waals surface area (Å²) in [5.41, 5.74) is 7.58. The van der Waals surface area contributed by atoms with Gasteiger partial charge in [0, 0.05) is 23.1 Å². The Balaban J connectivity index is 1.66. The molecule has 192 valence electrons. The second-order valence-electron chi connectivity index (χ2n) is 10.8. The molecule has 0 radical (unpaired) electrons. The minimum absolute atomic E-state index is 0.00677. The van der Waals surface area contributed by atoms with E-state index in [-0.39, 0.29) is 5.41 Å². The first-order valence-electron chi connectivity index (χ1n) is 12.8. The van der Waals surface area contributed by atoms with Crippen molar-refractivity contribution in [3.8, 4) is 22.6 Å². The van der Waals surface area contributed by atoms with Crippen molar-refractivity contribution in [1.29, 1.82) is 0 Å². The highest BCUT2D eigenvalue weighted by Crippen LogP contribution is 2.56. The van der Waals surface area contributed by atoms with Gasteiger partial charge in [0.15, 0.2) is 0 Å². The highest BCUT2D eigenvalue weighted by Gasteiger charge is 2.48. The molecule has 4 aromatic rings. The van der Waals surface area contributed by atoms with Gasteiger partial charge in [-0.2, -0.15) is 0 Å². The average Bonchev–Trinajstić information content (AvgIpc) is 3.23. The van der Waals surface area contributed by atoms with Crippen LogP contribution in [0.4, 0.5) is 0 Å². The van der Waals surface area contributed by atoms with Gasteiger partial charge in [-0.15, -0.1) is 0 Å². The van der Waals surface area contributed by atoms with Crippen molar-refractivity contribution in [2.45, 2.75) is 19.3 Å². The number of hydrogen-bond donors (Lipinski definition) is 0. The lowest BCUT2D eigenvalue weighted by molar-refractivity contribution is 0.0343. The first kappa shape index (κ1) is 25.2. The molecule has 0 amide bonds. The molecule has 1 aliphatic heterocycles. The van der Waals surface area contributed by atoms with Crippen LogP contribution in [0.3, 0.4) is 0 Å². The van der Waals surface area contributed by atoms with E-state index in [0.717, 1.165) is 32.6 Å². The van der Waals surface area contributed by atoms with Gasteiger partial charge in [-0.3, -0.25) is 0 Å². The average molecular weight is 569 g/mol. The molecule has 6 rings (SSSR count). The van der Waals surface area contributed by atoms with Crippen LogP contribution >= 0.6 is 15.9 Å². The zero-order chi connectivity index (χ0) is 26.5. The largest absolute Gasteiger partial charge is 0.497 e. The van der Waals surface area contributed by atoms with Gasteiger partial charge >= 0.3 is 7.12 Å². The van der Waals surface area contributed by atoms with Crippen molar-refractivity contribution in [3.05, 3.63) is 112 Å². The summed E-state index contributed by atoms with van der Waals surface area (Å²) >= 11 is 3.77. The molecule has 4 nitrogen and oxygen atoms in total. The molecular formula is C32H30BBrO4. The molecule has 0 bridgehead atoms. The van der Waals surface area contributed by atoms with Gasteiger partial charge in [0.2, 0.25) is 0 Å². The Morgan fingerprint density at radius 3 is 1.87 bits per heavy atom. The molecule has 0 unspecified atom stereocenters. The Morgan fingerprint density at radius 1 is 0.737 bits per heavy atom. The quantitative estimate of drug-likeness (QED) is 0.224. The molecule has 38 heavy (non-hydrogen) atoms. The van der Waals surface area contributed by atoms with Gasteiger partial charge in [-0.1, -0.05) is 78.3 Å². The van der Waals surface area contributed by atoms with Crippen molar-refractivity contribution in [3.63, 3.8) is 0 Å².